The zero-order valence-corrected chi connectivity index (χ0v) is 13.2. The molecule has 116 valence electrons. The Kier molecular flexibility index (Phi) is 4.34. The van der Waals surface area contributed by atoms with Gasteiger partial charge in [-0.2, -0.15) is 4.31 Å². The van der Waals surface area contributed by atoms with Gasteiger partial charge < -0.3 is 4.90 Å². The fourth-order valence-electron chi connectivity index (χ4n) is 2.58. The van der Waals surface area contributed by atoms with Crippen molar-refractivity contribution in [3.05, 3.63) is 35.1 Å². The minimum absolute atomic E-state index is 0.0283. The first-order valence-corrected chi connectivity index (χ1v) is 8.57. The van der Waals surface area contributed by atoms with Crippen molar-refractivity contribution >= 4 is 15.9 Å². The zero-order chi connectivity index (χ0) is 15.8. The largest absolute Gasteiger partial charge is 0.336 e. The molecule has 2 rings (SSSR count). The van der Waals surface area contributed by atoms with Gasteiger partial charge in [0, 0.05) is 25.7 Å². The third-order valence-corrected chi connectivity index (χ3v) is 5.03. The number of carbonyl (C=O) groups is 1. The maximum Gasteiger partial charge on any atom is 0.256 e. The molecule has 1 atom stereocenters. The normalized spacial score (nSPS) is 20.6. The molecule has 0 aromatic heterocycles. The second-order valence-corrected chi connectivity index (χ2v) is 7.39. The molecule has 0 aliphatic carbocycles. The Morgan fingerprint density at radius 1 is 1.33 bits per heavy atom. The highest BCUT2D eigenvalue weighted by atomic mass is 32.2. The molecule has 1 aromatic rings. The maximum absolute atomic E-state index is 13.9. The SMILES string of the molecule is Cc1ccc(C(=O)N2CCN(S(C)(=O)=O)[C@@H](C)C2)c(F)c1. The summed E-state index contributed by atoms with van der Waals surface area (Å²) >= 11 is 0. The molecular weight excluding hydrogens is 295 g/mol. The number of aryl methyl sites for hydroxylation is 1. The van der Waals surface area contributed by atoms with Crippen molar-refractivity contribution in [2.75, 3.05) is 25.9 Å². The summed E-state index contributed by atoms with van der Waals surface area (Å²) in [6.45, 7) is 4.26. The number of hydrogen-bond acceptors (Lipinski definition) is 3. The van der Waals surface area contributed by atoms with Crippen molar-refractivity contribution in [3.8, 4) is 0 Å². The number of nitrogens with zero attached hydrogens (tertiary/aromatic N) is 2. The molecule has 0 unspecified atom stereocenters. The number of halogens is 1. The number of carbonyl (C=O) groups excluding carboxylic acids is 1. The smallest absolute Gasteiger partial charge is 0.256 e. The van der Waals surface area contributed by atoms with Crippen LogP contribution in [-0.2, 0) is 10.0 Å². The van der Waals surface area contributed by atoms with Crippen LogP contribution in [0.2, 0.25) is 0 Å². The van der Waals surface area contributed by atoms with Gasteiger partial charge in [0.1, 0.15) is 5.82 Å². The van der Waals surface area contributed by atoms with Crippen molar-refractivity contribution in [2.45, 2.75) is 19.9 Å². The Hall–Kier alpha value is -1.47. The topological polar surface area (TPSA) is 57.7 Å². The molecule has 21 heavy (non-hydrogen) atoms. The average Bonchev–Trinajstić information content (AvgIpc) is 2.36. The van der Waals surface area contributed by atoms with Crippen LogP contribution in [0.4, 0.5) is 4.39 Å². The van der Waals surface area contributed by atoms with Crippen LogP contribution in [0.5, 0.6) is 0 Å². The van der Waals surface area contributed by atoms with Gasteiger partial charge in [-0.1, -0.05) is 6.07 Å². The summed E-state index contributed by atoms with van der Waals surface area (Å²) in [5.74, 6) is -0.939. The molecule has 0 saturated carbocycles. The highest BCUT2D eigenvalue weighted by Gasteiger charge is 2.32. The standard InChI is InChI=1S/C14H19FN2O3S/c1-10-4-5-12(13(15)8-10)14(18)16-6-7-17(11(2)9-16)21(3,19)20/h4-5,8,11H,6-7,9H2,1-3H3/t11-/m0/s1. The van der Waals surface area contributed by atoms with Gasteiger partial charge in [0.2, 0.25) is 10.0 Å². The molecule has 1 heterocycles. The summed E-state index contributed by atoms with van der Waals surface area (Å²) in [6.07, 6.45) is 1.15. The van der Waals surface area contributed by atoms with Crippen LogP contribution in [0.15, 0.2) is 18.2 Å². The van der Waals surface area contributed by atoms with Crippen LogP contribution >= 0.6 is 0 Å². The van der Waals surface area contributed by atoms with Gasteiger partial charge in [-0.05, 0) is 31.5 Å². The number of amides is 1. The third-order valence-electron chi connectivity index (χ3n) is 3.63. The monoisotopic (exact) mass is 314 g/mol. The lowest BCUT2D eigenvalue weighted by molar-refractivity contribution is 0.0638. The predicted octanol–water partition coefficient (Wildman–Crippen LogP) is 1.24. The second-order valence-electron chi connectivity index (χ2n) is 5.46. The summed E-state index contributed by atoms with van der Waals surface area (Å²) in [7, 11) is -3.28. The van der Waals surface area contributed by atoms with E-state index >= 15 is 0 Å². The lowest BCUT2D eigenvalue weighted by atomic mass is 10.1. The minimum Gasteiger partial charge on any atom is -0.336 e. The van der Waals surface area contributed by atoms with Crippen LogP contribution in [-0.4, -0.2) is 55.5 Å². The first-order chi connectivity index (χ1) is 9.70. The number of sulfonamides is 1. The maximum atomic E-state index is 13.9. The Labute approximate surface area is 124 Å². The van der Waals surface area contributed by atoms with E-state index in [9.17, 15) is 17.6 Å². The summed E-state index contributed by atoms with van der Waals surface area (Å²) < 4.78 is 38.4. The van der Waals surface area contributed by atoms with Crippen molar-refractivity contribution < 1.29 is 17.6 Å². The van der Waals surface area contributed by atoms with Crippen LogP contribution in [0, 0.1) is 12.7 Å². The van der Waals surface area contributed by atoms with E-state index in [1.165, 1.54) is 21.3 Å². The third kappa shape index (κ3) is 3.41. The summed E-state index contributed by atoms with van der Waals surface area (Å²) in [5, 5.41) is 0. The number of piperazine rings is 1. The Balaban J connectivity index is 2.16. The molecule has 1 aromatic carbocycles. The lowest BCUT2D eigenvalue weighted by Gasteiger charge is -2.38. The molecule has 1 fully saturated rings. The fraction of sp³-hybridized carbons (Fsp3) is 0.500. The fourth-order valence-corrected chi connectivity index (χ4v) is 3.72. The molecule has 0 N–H and O–H groups in total. The van der Waals surface area contributed by atoms with Gasteiger partial charge >= 0.3 is 0 Å². The predicted molar refractivity (Wildman–Crippen MR) is 78.1 cm³/mol. The molecule has 1 saturated heterocycles. The van der Waals surface area contributed by atoms with Gasteiger partial charge in [0.05, 0.1) is 11.8 Å². The van der Waals surface area contributed by atoms with Crippen LogP contribution < -0.4 is 0 Å². The molecular formula is C14H19FN2O3S. The summed E-state index contributed by atoms with van der Waals surface area (Å²) in [5.41, 5.74) is 0.778. The van der Waals surface area contributed by atoms with Crippen molar-refractivity contribution in [1.82, 2.24) is 9.21 Å². The number of rotatable bonds is 2. The molecule has 1 amide bonds. The molecule has 0 spiro atoms. The Morgan fingerprint density at radius 2 is 2.00 bits per heavy atom. The van der Waals surface area contributed by atoms with Crippen LogP contribution in [0.3, 0.4) is 0 Å². The van der Waals surface area contributed by atoms with E-state index < -0.39 is 21.7 Å². The molecule has 0 radical (unpaired) electrons. The van der Waals surface area contributed by atoms with Crippen molar-refractivity contribution in [2.24, 2.45) is 0 Å². The van der Waals surface area contributed by atoms with Crippen molar-refractivity contribution in [3.63, 3.8) is 0 Å². The molecule has 5 nitrogen and oxygen atoms in total. The van der Waals surface area contributed by atoms with Crippen LogP contribution in [0.25, 0.3) is 0 Å². The Bertz CT molecular complexity index is 660. The van der Waals surface area contributed by atoms with Gasteiger partial charge in [-0.25, -0.2) is 12.8 Å². The van der Waals surface area contributed by atoms with E-state index in [1.807, 2.05) is 0 Å². The van der Waals surface area contributed by atoms with E-state index in [1.54, 1.807) is 19.9 Å². The summed E-state index contributed by atoms with van der Waals surface area (Å²) in [6, 6.07) is 4.17. The first-order valence-electron chi connectivity index (χ1n) is 6.72. The quantitative estimate of drug-likeness (QED) is 0.825. The molecule has 0 bridgehead atoms. The van der Waals surface area contributed by atoms with Gasteiger partial charge in [0.15, 0.2) is 0 Å². The number of benzene rings is 1. The van der Waals surface area contributed by atoms with Gasteiger partial charge in [0.25, 0.3) is 5.91 Å². The van der Waals surface area contributed by atoms with Gasteiger partial charge in [-0.15, -0.1) is 0 Å². The lowest BCUT2D eigenvalue weighted by Crippen LogP contribution is -2.55. The molecule has 1 aliphatic rings. The molecule has 7 heteroatoms. The molecule has 1 aliphatic heterocycles. The first kappa shape index (κ1) is 15.9. The zero-order valence-electron chi connectivity index (χ0n) is 12.3. The second kappa shape index (κ2) is 5.73. The van der Waals surface area contributed by atoms with E-state index in [0.29, 0.717) is 0 Å². The highest BCUT2D eigenvalue weighted by molar-refractivity contribution is 7.88. The van der Waals surface area contributed by atoms with Gasteiger partial charge in [-0.3, -0.25) is 4.79 Å². The average molecular weight is 314 g/mol. The minimum atomic E-state index is -3.28. The van der Waals surface area contributed by atoms with Crippen LogP contribution in [0.1, 0.15) is 22.8 Å². The highest BCUT2D eigenvalue weighted by Crippen LogP contribution is 2.18. The van der Waals surface area contributed by atoms with E-state index in [2.05, 4.69) is 0 Å². The van der Waals surface area contributed by atoms with E-state index in [0.717, 1.165) is 11.8 Å². The number of hydrogen-bond donors (Lipinski definition) is 0. The Morgan fingerprint density at radius 3 is 2.52 bits per heavy atom. The summed E-state index contributed by atoms with van der Waals surface area (Å²) in [4.78, 5) is 13.9. The van der Waals surface area contributed by atoms with E-state index in [4.69, 9.17) is 0 Å². The van der Waals surface area contributed by atoms with Crippen molar-refractivity contribution in [1.29, 1.82) is 0 Å². The van der Waals surface area contributed by atoms with E-state index in [-0.39, 0.29) is 31.2 Å².